The number of hydrogen-bond donors (Lipinski definition) is 0. The molecule has 1 aromatic heterocycles. The van der Waals surface area contributed by atoms with Gasteiger partial charge in [0, 0.05) is 18.3 Å². The number of ether oxygens (including phenoxy) is 2. The Bertz CT molecular complexity index is 719. The fraction of sp³-hybridized carbons (Fsp3) is 0.250. The smallest absolute Gasteiger partial charge is 0.387 e. The highest BCUT2D eigenvalue weighted by molar-refractivity contribution is 6.07. The third-order valence-corrected chi connectivity index (χ3v) is 3.20. The molecule has 0 radical (unpaired) electrons. The van der Waals surface area contributed by atoms with Gasteiger partial charge >= 0.3 is 6.61 Å². The van der Waals surface area contributed by atoms with E-state index in [9.17, 15) is 13.6 Å². The normalized spacial score (nSPS) is 11.2. The van der Waals surface area contributed by atoms with E-state index >= 15 is 0 Å². The average Bonchev–Trinajstić information content (AvgIpc) is 2.83. The highest BCUT2D eigenvalue weighted by atomic mass is 19.3. The van der Waals surface area contributed by atoms with Crippen LogP contribution in [0.1, 0.15) is 21.7 Å². The Morgan fingerprint density at radius 3 is 2.61 bits per heavy atom. The molecule has 122 valence electrons. The molecule has 1 heterocycles. The Morgan fingerprint density at radius 1 is 1.30 bits per heavy atom. The van der Waals surface area contributed by atoms with Gasteiger partial charge in [-0.1, -0.05) is 0 Å². The molecule has 23 heavy (non-hydrogen) atoms. The lowest BCUT2D eigenvalue weighted by molar-refractivity contribution is -0.0512. The Kier molecular flexibility index (Phi) is 5.10. The van der Waals surface area contributed by atoms with Crippen molar-refractivity contribution in [2.75, 3.05) is 7.11 Å². The van der Waals surface area contributed by atoms with Crippen molar-refractivity contribution >= 4 is 11.9 Å². The Hall–Kier alpha value is -2.70. The number of carbonyl (C=O) groups is 1. The fourth-order valence-corrected chi connectivity index (χ4v) is 1.94. The van der Waals surface area contributed by atoms with E-state index in [1.165, 1.54) is 31.4 Å². The second kappa shape index (κ2) is 7.04. The van der Waals surface area contributed by atoms with Gasteiger partial charge in [0.15, 0.2) is 17.3 Å². The number of allylic oxidation sites excluding steroid dienone is 1. The zero-order valence-electron chi connectivity index (χ0n) is 12.9. The van der Waals surface area contributed by atoms with Gasteiger partial charge in [-0.2, -0.15) is 13.9 Å². The van der Waals surface area contributed by atoms with Crippen LogP contribution in [0.15, 0.2) is 30.3 Å². The van der Waals surface area contributed by atoms with E-state index in [0.717, 1.165) is 5.69 Å². The van der Waals surface area contributed by atoms with Crippen LogP contribution in [-0.4, -0.2) is 29.3 Å². The first-order valence-electron chi connectivity index (χ1n) is 6.76. The molecule has 0 fully saturated rings. The molecular weight excluding hydrogens is 306 g/mol. The predicted molar refractivity (Wildman–Crippen MR) is 80.9 cm³/mol. The van der Waals surface area contributed by atoms with Gasteiger partial charge in [0.05, 0.1) is 12.8 Å². The summed E-state index contributed by atoms with van der Waals surface area (Å²) in [4.78, 5) is 12.1. The first-order valence-corrected chi connectivity index (χ1v) is 6.76. The summed E-state index contributed by atoms with van der Waals surface area (Å²) in [6.07, 6.45) is 2.95. The van der Waals surface area contributed by atoms with Gasteiger partial charge in [-0.25, -0.2) is 0 Å². The van der Waals surface area contributed by atoms with E-state index < -0.39 is 6.61 Å². The van der Waals surface area contributed by atoms with Crippen LogP contribution >= 0.6 is 0 Å². The van der Waals surface area contributed by atoms with Gasteiger partial charge in [-0.05, 0) is 43.3 Å². The maximum atomic E-state index is 12.3. The molecule has 0 unspecified atom stereocenters. The van der Waals surface area contributed by atoms with Crippen LogP contribution in [0.3, 0.4) is 0 Å². The SMILES string of the molecule is COc1cc(C(=O)/C=C/c2cc(C)n(C)n2)ccc1OC(F)F. The number of rotatable bonds is 6. The summed E-state index contributed by atoms with van der Waals surface area (Å²) >= 11 is 0. The van der Waals surface area contributed by atoms with Crippen LogP contribution < -0.4 is 9.47 Å². The number of carbonyl (C=O) groups excluding carboxylic acids is 1. The van der Waals surface area contributed by atoms with Gasteiger partial charge in [-0.3, -0.25) is 9.48 Å². The zero-order valence-corrected chi connectivity index (χ0v) is 12.9. The molecule has 2 rings (SSSR count). The predicted octanol–water partition coefficient (Wildman–Crippen LogP) is 3.23. The maximum Gasteiger partial charge on any atom is 0.387 e. The minimum atomic E-state index is -2.96. The van der Waals surface area contributed by atoms with Crippen molar-refractivity contribution in [1.29, 1.82) is 0 Å². The summed E-state index contributed by atoms with van der Waals surface area (Å²) < 4.78 is 35.5. The molecule has 1 aromatic carbocycles. The standard InChI is InChI=1S/C16H16F2N2O3/c1-10-8-12(19-20(10)2)5-6-13(21)11-4-7-14(23-16(17)18)15(9-11)22-3/h4-9,16H,1-3H3/b6-5+. The van der Waals surface area contributed by atoms with Crippen molar-refractivity contribution < 1.29 is 23.0 Å². The number of halogens is 2. The summed E-state index contributed by atoms with van der Waals surface area (Å²) in [5.41, 5.74) is 1.92. The van der Waals surface area contributed by atoms with Crippen LogP contribution in [-0.2, 0) is 7.05 Å². The number of nitrogens with zero attached hydrogens (tertiary/aromatic N) is 2. The molecule has 0 aliphatic heterocycles. The lowest BCUT2D eigenvalue weighted by Gasteiger charge is -2.10. The fourth-order valence-electron chi connectivity index (χ4n) is 1.94. The number of hydrogen-bond acceptors (Lipinski definition) is 4. The van der Waals surface area contributed by atoms with Gasteiger partial charge in [0.2, 0.25) is 0 Å². The lowest BCUT2D eigenvalue weighted by atomic mass is 10.1. The van der Waals surface area contributed by atoms with Crippen molar-refractivity contribution in [3.8, 4) is 11.5 Å². The molecule has 0 amide bonds. The molecule has 7 heteroatoms. The molecule has 0 bridgehead atoms. The third-order valence-electron chi connectivity index (χ3n) is 3.20. The summed E-state index contributed by atoms with van der Waals surface area (Å²) in [7, 11) is 3.12. The van der Waals surface area contributed by atoms with Crippen molar-refractivity contribution in [2.24, 2.45) is 7.05 Å². The van der Waals surface area contributed by atoms with Gasteiger partial charge in [0.1, 0.15) is 0 Å². The van der Waals surface area contributed by atoms with Crippen LogP contribution in [0.25, 0.3) is 6.08 Å². The van der Waals surface area contributed by atoms with Crippen molar-refractivity contribution in [3.63, 3.8) is 0 Å². The molecule has 2 aromatic rings. The van der Waals surface area contributed by atoms with Crippen molar-refractivity contribution in [1.82, 2.24) is 9.78 Å². The Labute approximate surface area is 132 Å². The Morgan fingerprint density at radius 2 is 2.04 bits per heavy atom. The number of alkyl halides is 2. The van der Waals surface area contributed by atoms with Crippen LogP contribution in [0, 0.1) is 6.92 Å². The number of methoxy groups -OCH3 is 1. The molecule has 5 nitrogen and oxygen atoms in total. The van der Waals surface area contributed by atoms with E-state index in [-0.39, 0.29) is 17.3 Å². The van der Waals surface area contributed by atoms with Gasteiger partial charge < -0.3 is 9.47 Å². The topological polar surface area (TPSA) is 53.4 Å². The molecule has 0 saturated heterocycles. The minimum Gasteiger partial charge on any atom is -0.493 e. The summed E-state index contributed by atoms with van der Waals surface area (Å²) in [5, 5.41) is 4.21. The van der Waals surface area contributed by atoms with E-state index in [1.807, 2.05) is 13.0 Å². The second-order valence-electron chi connectivity index (χ2n) is 4.78. The molecule has 0 atom stereocenters. The van der Waals surface area contributed by atoms with Gasteiger partial charge in [0.25, 0.3) is 0 Å². The first-order chi connectivity index (χ1) is 10.9. The van der Waals surface area contributed by atoms with E-state index in [2.05, 4.69) is 9.84 Å². The zero-order chi connectivity index (χ0) is 17.0. The van der Waals surface area contributed by atoms with Crippen LogP contribution in [0.5, 0.6) is 11.5 Å². The summed E-state index contributed by atoms with van der Waals surface area (Å²) in [6.45, 7) is -1.06. The third kappa shape index (κ3) is 4.15. The number of benzene rings is 1. The quantitative estimate of drug-likeness (QED) is 0.605. The highest BCUT2D eigenvalue weighted by Gasteiger charge is 2.13. The molecule has 0 aliphatic rings. The highest BCUT2D eigenvalue weighted by Crippen LogP contribution is 2.29. The molecular formula is C16H16F2N2O3. The average molecular weight is 322 g/mol. The van der Waals surface area contributed by atoms with Crippen LogP contribution in [0.4, 0.5) is 8.78 Å². The van der Waals surface area contributed by atoms with Crippen molar-refractivity contribution in [3.05, 3.63) is 47.3 Å². The van der Waals surface area contributed by atoms with E-state index in [1.54, 1.807) is 17.8 Å². The van der Waals surface area contributed by atoms with Crippen LogP contribution in [0.2, 0.25) is 0 Å². The van der Waals surface area contributed by atoms with Crippen molar-refractivity contribution in [2.45, 2.75) is 13.5 Å². The molecule has 0 spiro atoms. The van der Waals surface area contributed by atoms with E-state index in [0.29, 0.717) is 11.3 Å². The number of ketones is 1. The summed E-state index contributed by atoms with van der Waals surface area (Å²) in [5.74, 6) is -0.350. The lowest BCUT2D eigenvalue weighted by Crippen LogP contribution is -2.04. The molecule has 0 aliphatic carbocycles. The Balaban J connectivity index is 2.18. The maximum absolute atomic E-state index is 12.3. The van der Waals surface area contributed by atoms with Gasteiger partial charge in [-0.15, -0.1) is 0 Å². The minimum absolute atomic E-state index is 0.0678. The number of aromatic nitrogens is 2. The second-order valence-corrected chi connectivity index (χ2v) is 4.78. The first kappa shape index (κ1) is 16.7. The number of aryl methyl sites for hydroxylation is 2. The monoisotopic (exact) mass is 322 g/mol. The largest absolute Gasteiger partial charge is 0.493 e. The summed E-state index contributed by atoms with van der Waals surface area (Å²) in [6, 6.07) is 5.87. The molecule has 0 N–H and O–H groups in total. The molecule has 0 saturated carbocycles. The van der Waals surface area contributed by atoms with E-state index in [4.69, 9.17) is 4.74 Å².